The summed E-state index contributed by atoms with van der Waals surface area (Å²) in [6.45, 7) is 3.10. The summed E-state index contributed by atoms with van der Waals surface area (Å²) < 4.78 is 42.1. The number of nitrogens with one attached hydrogen (secondary N) is 2. The summed E-state index contributed by atoms with van der Waals surface area (Å²) in [6, 6.07) is 7.08. The van der Waals surface area contributed by atoms with Crippen molar-refractivity contribution in [1.29, 1.82) is 0 Å². The van der Waals surface area contributed by atoms with E-state index in [-0.39, 0.29) is 30.0 Å². The van der Waals surface area contributed by atoms with Gasteiger partial charge in [0.1, 0.15) is 11.0 Å². The molecule has 2 N–H and O–H groups in total. The minimum absolute atomic E-state index is 0.0148. The van der Waals surface area contributed by atoms with E-state index in [4.69, 9.17) is 13.9 Å². The number of furan rings is 1. The van der Waals surface area contributed by atoms with E-state index >= 15 is 0 Å². The first-order valence-corrected chi connectivity index (χ1v) is 10.1. The topological polar surface area (TPSA) is 124 Å². The highest BCUT2D eigenvalue weighted by molar-refractivity contribution is 7.91. The van der Waals surface area contributed by atoms with Crippen molar-refractivity contribution in [3.05, 3.63) is 42.4 Å². The summed E-state index contributed by atoms with van der Waals surface area (Å²) >= 11 is 0. The van der Waals surface area contributed by atoms with E-state index in [9.17, 15) is 18.0 Å². The summed E-state index contributed by atoms with van der Waals surface area (Å²) in [7, 11) is -3.97. The minimum atomic E-state index is -3.97. The molecule has 0 spiro atoms. The Hall–Kier alpha value is -3.01. The SMILES string of the molecule is CC(C)NC(=O)C(=O)NC[C@@H](c1ccco1)S(=O)(=O)c1ccc2c(c1)OCO2. The number of benzene rings is 1. The molecule has 1 aromatic heterocycles. The van der Waals surface area contributed by atoms with Gasteiger partial charge in [0.15, 0.2) is 21.3 Å². The highest BCUT2D eigenvalue weighted by Crippen LogP contribution is 2.37. The lowest BCUT2D eigenvalue weighted by Gasteiger charge is -2.17. The average Bonchev–Trinajstić information content (AvgIpc) is 3.32. The zero-order valence-corrected chi connectivity index (χ0v) is 16.1. The van der Waals surface area contributed by atoms with Crippen molar-refractivity contribution in [3.8, 4) is 11.5 Å². The fraction of sp³-hybridized carbons (Fsp3) is 0.333. The normalized spacial score (nSPS) is 14.0. The fourth-order valence-electron chi connectivity index (χ4n) is 2.65. The molecule has 2 aromatic rings. The molecule has 0 radical (unpaired) electrons. The number of ether oxygens (including phenoxy) is 2. The molecule has 1 atom stereocenters. The monoisotopic (exact) mass is 408 g/mol. The van der Waals surface area contributed by atoms with Crippen LogP contribution in [0.25, 0.3) is 0 Å². The third kappa shape index (κ3) is 4.11. The van der Waals surface area contributed by atoms with Gasteiger partial charge in [-0.15, -0.1) is 0 Å². The Morgan fingerprint density at radius 1 is 1.11 bits per heavy atom. The van der Waals surface area contributed by atoms with Crippen LogP contribution in [-0.4, -0.2) is 39.6 Å². The van der Waals surface area contributed by atoms with Crippen LogP contribution in [0.1, 0.15) is 24.9 Å². The third-order valence-corrected chi connectivity index (χ3v) is 6.04. The second-order valence-corrected chi connectivity index (χ2v) is 8.53. The number of fused-ring (bicyclic) bond motifs is 1. The Labute approximate surface area is 161 Å². The van der Waals surface area contributed by atoms with E-state index in [2.05, 4.69) is 10.6 Å². The molecule has 0 saturated heterocycles. The van der Waals surface area contributed by atoms with Gasteiger partial charge in [0, 0.05) is 18.7 Å². The number of amides is 2. The van der Waals surface area contributed by atoms with Crippen LogP contribution < -0.4 is 20.1 Å². The predicted molar refractivity (Wildman–Crippen MR) is 97.5 cm³/mol. The summed E-state index contributed by atoms with van der Waals surface area (Å²) in [5, 5.41) is 3.58. The summed E-state index contributed by atoms with van der Waals surface area (Å²) in [6.07, 6.45) is 1.34. The molecule has 9 nitrogen and oxygen atoms in total. The summed E-state index contributed by atoms with van der Waals surface area (Å²) in [5.41, 5.74) is 0. The first kappa shape index (κ1) is 19.7. The molecule has 150 valence electrons. The van der Waals surface area contributed by atoms with Crippen molar-refractivity contribution in [2.75, 3.05) is 13.3 Å². The Kier molecular flexibility index (Phi) is 5.59. The molecular formula is C18H20N2O7S. The predicted octanol–water partition coefficient (Wildman–Crippen LogP) is 1.16. The highest BCUT2D eigenvalue weighted by Gasteiger charge is 2.33. The number of carbonyl (C=O) groups is 2. The summed E-state index contributed by atoms with van der Waals surface area (Å²) in [5.74, 6) is -0.853. The smallest absolute Gasteiger partial charge is 0.309 e. The number of hydrogen-bond donors (Lipinski definition) is 2. The maximum Gasteiger partial charge on any atom is 0.309 e. The molecule has 0 bridgehead atoms. The summed E-state index contributed by atoms with van der Waals surface area (Å²) in [4.78, 5) is 23.7. The van der Waals surface area contributed by atoms with Crippen LogP contribution in [0.3, 0.4) is 0 Å². The number of carbonyl (C=O) groups excluding carboxylic acids is 2. The maximum atomic E-state index is 13.2. The number of sulfone groups is 1. The van der Waals surface area contributed by atoms with Crippen LogP contribution in [0.15, 0.2) is 45.9 Å². The Morgan fingerprint density at radius 2 is 1.86 bits per heavy atom. The van der Waals surface area contributed by atoms with E-state index < -0.39 is 26.9 Å². The standard InChI is InChI=1S/C18H20N2O7S/c1-11(2)20-18(22)17(21)19-9-16(14-4-3-7-25-14)28(23,24)12-5-6-13-15(8-12)27-10-26-13/h3-8,11,16H,9-10H2,1-2H3,(H,19,21)(H,20,22)/t16-/m0/s1. The molecule has 28 heavy (non-hydrogen) atoms. The van der Waals surface area contributed by atoms with Gasteiger partial charge in [-0.25, -0.2) is 8.42 Å². The fourth-order valence-corrected chi connectivity index (χ4v) is 4.25. The lowest BCUT2D eigenvalue weighted by atomic mass is 10.3. The van der Waals surface area contributed by atoms with Gasteiger partial charge in [0.05, 0.1) is 11.2 Å². The van der Waals surface area contributed by atoms with Gasteiger partial charge in [-0.2, -0.15) is 0 Å². The highest BCUT2D eigenvalue weighted by atomic mass is 32.2. The van der Waals surface area contributed by atoms with Crippen molar-refractivity contribution in [2.45, 2.75) is 30.0 Å². The molecule has 0 saturated carbocycles. The van der Waals surface area contributed by atoms with Crippen molar-refractivity contribution in [3.63, 3.8) is 0 Å². The van der Waals surface area contributed by atoms with Gasteiger partial charge in [0.2, 0.25) is 6.79 Å². The Bertz CT molecular complexity index is 968. The van der Waals surface area contributed by atoms with Gasteiger partial charge < -0.3 is 24.5 Å². The minimum Gasteiger partial charge on any atom is -0.468 e. The van der Waals surface area contributed by atoms with Crippen LogP contribution in [0, 0.1) is 0 Å². The van der Waals surface area contributed by atoms with Crippen molar-refractivity contribution in [2.24, 2.45) is 0 Å². The molecule has 0 fully saturated rings. The second kappa shape index (κ2) is 7.93. The van der Waals surface area contributed by atoms with Crippen LogP contribution >= 0.6 is 0 Å². The zero-order valence-electron chi connectivity index (χ0n) is 15.3. The molecule has 3 rings (SSSR count). The second-order valence-electron chi connectivity index (χ2n) is 6.40. The Morgan fingerprint density at radius 3 is 2.54 bits per heavy atom. The Balaban J connectivity index is 1.84. The van der Waals surface area contributed by atoms with Crippen LogP contribution in [0.5, 0.6) is 11.5 Å². The van der Waals surface area contributed by atoms with E-state index in [0.717, 1.165) is 0 Å². The molecule has 10 heteroatoms. The third-order valence-electron chi connectivity index (χ3n) is 3.98. The van der Waals surface area contributed by atoms with E-state index in [1.54, 1.807) is 19.9 Å². The van der Waals surface area contributed by atoms with E-state index in [0.29, 0.717) is 11.5 Å². The number of hydrogen-bond acceptors (Lipinski definition) is 7. The molecular weight excluding hydrogens is 388 g/mol. The molecule has 0 unspecified atom stereocenters. The van der Waals surface area contributed by atoms with Crippen LogP contribution in [0.4, 0.5) is 0 Å². The first-order valence-electron chi connectivity index (χ1n) is 8.54. The molecule has 1 aliphatic rings. The van der Waals surface area contributed by atoms with Crippen molar-refractivity contribution < 1.29 is 31.9 Å². The molecule has 0 aliphatic carbocycles. The van der Waals surface area contributed by atoms with E-state index in [1.807, 2.05) is 0 Å². The molecule has 2 heterocycles. The average molecular weight is 408 g/mol. The van der Waals surface area contributed by atoms with Gasteiger partial charge in [-0.3, -0.25) is 9.59 Å². The first-order chi connectivity index (χ1) is 13.3. The number of rotatable bonds is 6. The zero-order chi connectivity index (χ0) is 20.3. The lowest BCUT2D eigenvalue weighted by molar-refractivity contribution is -0.139. The lowest BCUT2D eigenvalue weighted by Crippen LogP contribution is -2.44. The molecule has 2 amide bonds. The van der Waals surface area contributed by atoms with Gasteiger partial charge in [-0.1, -0.05) is 0 Å². The quantitative estimate of drug-likeness (QED) is 0.688. The van der Waals surface area contributed by atoms with Crippen molar-refractivity contribution in [1.82, 2.24) is 10.6 Å². The van der Waals surface area contributed by atoms with Crippen LogP contribution in [0.2, 0.25) is 0 Å². The largest absolute Gasteiger partial charge is 0.468 e. The van der Waals surface area contributed by atoms with E-state index in [1.165, 1.54) is 30.5 Å². The van der Waals surface area contributed by atoms with Gasteiger partial charge in [0.25, 0.3) is 0 Å². The molecule has 1 aromatic carbocycles. The van der Waals surface area contributed by atoms with Crippen LogP contribution in [-0.2, 0) is 19.4 Å². The van der Waals surface area contributed by atoms with Crippen molar-refractivity contribution >= 4 is 21.7 Å². The van der Waals surface area contributed by atoms with Gasteiger partial charge in [-0.05, 0) is 38.1 Å². The molecule has 1 aliphatic heterocycles. The maximum absolute atomic E-state index is 13.2. The van der Waals surface area contributed by atoms with Gasteiger partial charge >= 0.3 is 11.8 Å².